The average molecular weight is 489 g/mol. The molecule has 1 heterocycles. The van der Waals surface area contributed by atoms with Gasteiger partial charge in [-0.3, -0.25) is 19.3 Å². The Hall–Kier alpha value is -3.07. The number of amides is 3. The van der Waals surface area contributed by atoms with Crippen molar-refractivity contribution in [2.45, 2.75) is 17.5 Å². The molecular weight excluding hydrogens is 456 g/mol. The number of carbonyl (C=O) groups excluding carboxylic acids is 3. The van der Waals surface area contributed by atoms with Crippen molar-refractivity contribution in [1.29, 1.82) is 5.26 Å². The second-order valence-electron chi connectivity index (χ2n) is 7.69. The van der Waals surface area contributed by atoms with E-state index < -0.39 is 22.4 Å². The predicted molar refractivity (Wildman–Crippen MR) is 133 cm³/mol. The first kappa shape index (κ1) is 27.2. The van der Waals surface area contributed by atoms with Crippen molar-refractivity contribution >= 4 is 40.9 Å². The fourth-order valence-corrected chi connectivity index (χ4v) is 4.79. The Kier molecular flexibility index (Phi) is 10.9. The highest BCUT2D eigenvalue weighted by atomic mass is 32.2. The summed E-state index contributed by atoms with van der Waals surface area (Å²) in [4.78, 5) is 40.6. The lowest BCUT2D eigenvalue weighted by molar-refractivity contribution is -0.129. The summed E-state index contributed by atoms with van der Waals surface area (Å²) in [6.45, 7) is 7.56. The van der Waals surface area contributed by atoms with Gasteiger partial charge in [0.05, 0.1) is 19.2 Å². The van der Waals surface area contributed by atoms with Crippen LogP contribution in [0, 0.1) is 17.2 Å². The normalized spacial score (nSPS) is 18.3. The van der Waals surface area contributed by atoms with E-state index in [2.05, 4.69) is 22.5 Å². The van der Waals surface area contributed by atoms with E-state index in [4.69, 9.17) is 4.74 Å². The molecule has 3 unspecified atom stereocenters. The molecule has 1 aliphatic rings. The molecular formula is C23H32N6O4S. The van der Waals surface area contributed by atoms with Gasteiger partial charge in [0, 0.05) is 44.3 Å². The molecule has 1 aliphatic heterocycles. The van der Waals surface area contributed by atoms with Gasteiger partial charge in [-0.05, 0) is 32.2 Å². The molecule has 0 aromatic heterocycles. The quantitative estimate of drug-likeness (QED) is 0.379. The highest BCUT2D eigenvalue weighted by Crippen LogP contribution is 2.36. The number of ether oxygens (including phenoxy) is 1. The van der Waals surface area contributed by atoms with Crippen LogP contribution in [0.2, 0.25) is 0 Å². The number of methoxy groups -OCH3 is 1. The number of nitriles is 1. The number of likely N-dealkylation sites (N-methyl/N-ethyl adjacent to an activating group) is 1. The van der Waals surface area contributed by atoms with Crippen molar-refractivity contribution in [2.75, 3.05) is 57.6 Å². The fourth-order valence-electron chi connectivity index (χ4n) is 3.38. The summed E-state index contributed by atoms with van der Waals surface area (Å²) in [6.07, 6.45) is 1.36. The maximum Gasteiger partial charge on any atom is 0.242 e. The number of nitrogens with one attached hydrogen (secondary N) is 3. The van der Waals surface area contributed by atoms with E-state index in [1.54, 1.807) is 32.2 Å². The van der Waals surface area contributed by atoms with Crippen LogP contribution in [-0.2, 0) is 19.1 Å². The highest BCUT2D eigenvalue weighted by Gasteiger charge is 2.45. The van der Waals surface area contributed by atoms with Crippen LogP contribution in [0.15, 0.2) is 37.0 Å². The molecule has 10 nitrogen and oxygen atoms in total. The van der Waals surface area contributed by atoms with E-state index in [1.807, 2.05) is 24.1 Å². The smallest absolute Gasteiger partial charge is 0.242 e. The zero-order valence-corrected chi connectivity index (χ0v) is 20.6. The molecule has 3 N–H and O–H groups in total. The van der Waals surface area contributed by atoms with Crippen molar-refractivity contribution in [3.05, 3.63) is 37.0 Å². The highest BCUT2D eigenvalue weighted by molar-refractivity contribution is 8.01. The molecule has 0 spiro atoms. The fraction of sp³-hybridized carbons (Fsp3) is 0.478. The van der Waals surface area contributed by atoms with Gasteiger partial charge in [0.2, 0.25) is 17.7 Å². The number of thioether (sulfide) groups is 1. The first-order valence-corrected chi connectivity index (χ1v) is 11.9. The summed E-state index contributed by atoms with van der Waals surface area (Å²) in [6, 6.07) is 9.22. The third-order valence-electron chi connectivity index (χ3n) is 5.09. The molecule has 1 saturated heterocycles. The van der Waals surface area contributed by atoms with Crippen LogP contribution in [0.3, 0.4) is 0 Å². The minimum atomic E-state index is -1.00. The Bertz CT molecular complexity index is 921. The Balaban J connectivity index is 1.98. The second kappa shape index (κ2) is 13.6. The van der Waals surface area contributed by atoms with E-state index in [-0.39, 0.29) is 24.9 Å². The Morgan fingerprint density at radius 2 is 2.15 bits per heavy atom. The second-order valence-corrected chi connectivity index (χ2v) is 9.01. The summed E-state index contributed by atoms with van der Waals surface area (Å²) in [7, 11) is 3.46. The van der Waals surface area contributed by atoms with Crippen LogP contribution >= 0.6 is 11.8 Å². The Labute approximate surface area is 204 Å². The lowest BCUT2D eigenvalue weighted by atomic mass is 10.1. The Morgan fingerprint density at radius 3 is 2.79 bits per heavy atom. The summed E-state index contributed by atoms with van der Waals surface area (Å²) in [5.74, 6) is -1.77. The summed E-state index contributed by atoms with van der Waals surface area (Å²) in [5, 5.41) is 17.1. The minimum absolute atomic E-state index is 0.144. The molecule has 0 radical (unpaired) electrons. The van der Waals surface area contributed by atoms with Gasteiger partial charge in [-0.25, -0.2) is 0 Å². The largest absolute Gasteiger partial charge is 0.383 e. The zero-order valence-electron chi connectivity index (χ0n) is 19.7. The minimum Gasteiger partial charge on any atom is -0.383 e. The van der Waals surface area contributed by atoms with E-state index in [1.165, 1.54) is 22.9 Å². The molecule has 1 aromatic carbocycles. The first-order valence-electron chi connectivity index (χ1n) is 10.9. The maximum atomic E-state index is 12.8. The third-order valence-corrected chi connectivity index (χ3v) is 6.57. The molecule has 1 aromatic rings. The van der Waals surface area contributed by atoms with Crippen LogP contribution in [0.4, 0.5) is 11.4 Å². The summed E-state index contributed by atoms with van der Waals surface area (Å²) < 4.78 is 5.02. The zero-order chi connectivity index (χ0) is 25.1. The van der Waals surface area contributed by atoms with Crippen LogP contribution < -0.4 is 16.0 Å². The summed E-state index contributed by atoms with van der Waals surface area (Å²) >= 11 is 1.26. The van der Waals surface area contributed by atoms with Gasteiger partial charge in [0.15, 0.2) is 5.92 Å². The molecule has 11 heteroatoms. The molecule has 2 rings (SSSR count). The molecule has 0 saturated carbocycles. The third kappa shape index (κ3) is 7.48. The standard InChI is InChI=1S/C23H32N6O4S/c1-5-25-21(31)18(13-24)23-29(6-2)22(32)19(34-23)14-26-16-8-7-9-17(12-16)27-20(30)15-28(3)10-11-33-4/h6-9,12,18-19,23,26H,2,5,10-11,14-15H2,1,3-4H3,(H,25,31)(H,27,30). The van der Waals surface area contributed by atoms with Crippen LogP contribution in [0.25, 0.3) is 0 Å². The van der Waals surface area contributed by atoms with Gasteiger partial charge in [-0.2, -0.15) is 5.26 Å². The van der Waals surface area contributed by atoms with Crippen LogP contribution in [0.1, 0.15) is 6.92 Å². The molecule has 184 valence electrons. The maximum absolute atomic E-state index is 12.8. The predicted octanol–water partition coefficient (Wildman–Crippen LogP) is 1.30. The van der Waals surface area contributed by atoms with E-state index in [0.29, 0.717) is 25.4 Å². The molecule has 0 aliphatic carbocycles. The number of benzene rings is 1. The van der Waals surface area contributed by atoms with E-state index in [9.17, 15) is 19.6 Å². The number of anilines is 2. The van der Waals surface area contributed by atoms with Gasteiger partial charge in [-0.15, -0.1) is 11.8 Å². The van der Waals surface area contributed by atoms with Crippen LogP contribution in [-0.4, -0.2) is 85.1 Å². The molecule has 34 heavy (non-hydrogen) atoms. The van der Waals surface area contributed by atoms with Crippen molar-refractivity contribution in [1.82, 2.24) is 15.1 Å². The van der Waals surface area contributed by atoms with Crippen molar-refractivity contribution in [3.63, 3.8) is 0 Å². The van der Waals surface area contributed by atoms with Crippen LogP contribution in [0.5, 0.6) is 0 Å². The van der Waals surface area contributed by atoms with Gasteiger partial charge in [-0.1, -0.05) is 12.6 Å². The number of nitrogens with zero attached hydrogens (tertiary/aromatic N) is 3. The van der Waals surface area contributed by atoms with Gasteiger partial charge in [0.25, 0.3) is 0 Å². The molecule has 3 atom stereocenters. The van der Waals surface area contributed by atoms with Crippen molar-refractivity contribution < 1.29 is 19.1 Å². The van der Waals surface area contributed by atoms with E-state index >= 15 is 0 Å². The van der Waals surface area contributed by atoms with Gasteiger partial charge >= 0.3 is 0 Å². The van der Waals surface area contributed by atoms with Crippen molar-refractivity contribution in [2.24, 2.45) is 5.92 Å². The van der Waals surface area contributed by atoms with E-state index in [0.717, 1.165) is 5.69 Å². The number of hydrogen-bond acceptors (Lipinski definition) is 8. The first-order chi connectivity index (χ1) is 16.3. The summed E-state index contributed by atoms with van der Waals surface area (Å²) in [5.41, 5.74) is 1.36. The van der Waals surface area contributed by atoms with Gasteiger partial charge < -0.3 is 25.6 Å². The Morgan fingerprint density at radius 1 is 1.41 bits per heavy atom. The number of rotatable bonds is 13. The topological polar surface area (TPSA) is 127 Å². The van der Waals surface area contributed by atoms with Crippen molar-refractivity contribution in [3.8, 4) is 6.07 Å². The van der Waals surface area contributed by atoms with Gasteiger partial charge in [0.1, 0.15) is 10.6 Å². The molecule has 3 amide bonds. The lowest BCUT2D eigenvalue weighted by Crippen LogP contribution is -2.41. The monoisotopic (exact) mass is 488 g/mol. The number of hydrogen-bond donors (Lipinski definition) is 3. The average Bonchev–Trinajstić information content (AvgIpc) is 3.12. The lowest BCUT2D eigenvalue weighted by Gasteiger charge is -2.22. The molecule has 0 bridgehead atoms. The number of carbonyl (C=O) groups is 3. The molecule has 1 fully saturated rings. The SMILES string of the molecule is C=CN1C(=O)C(CNc2cccc(NC(=O)CN(C)CCOC)c2)SC1C(C#N)C(=O)NCC.